The molecule has 7 atom stereocenters. The molecule has 0 saturated heterocycles. The first-order valence-corrected chi connectivity index (χ1v) is 21.0. The van der Waals surface area contributed by atoms with Crippen LogP contribution in [0.25, 0.3) is 10.8 Å². The number of fused-ring (bicyclic) bond motifs is 1. The molecule has 14 nitrogen and oxygen atoms in total. The zero-order valence-electron chi connectivity index (χ0n) is 34.7. The number of amides is 4. The summed E-state index contributed by atoms with van der Waals surface area (Å²) in [6.07, 6.45) is 7.77. The molecule has 4 aromatic rings. The summed E-state index contributed by atoms with van der Waals surface area (Å²) in [6, 6.07) is 15.7. The number of H-pyrrole nitrogens is 2. The molecule has 0 spiro atoms. The number of aliphatic hydroxyl groups is 2. The third kappa shape index (κ3) is 12.8. The lowest BCUT2D eigenvalue weighted by Crippen LogP contribution is -2.59. The predicted octanol–water partition coefficient (Wildman–Crippen LogP) is 3.78. The van der Waals surface area contributed by atoms with E-state index in [2.05, 4.69) is 36.2 Å². The number of nitrogens with one attached hydrogen (secondary N) is 6. The molecular formula is C45H62N7O7+. The standard InChI is InChI=1S/C45H61N7O7/c1-5-29(4)40(45(58)48-25-32-18-11-12-21-47-32)52-44(57)39(28(2)3)42(55)41(54)35(22-30-14-7-6-8-15-30)51-43(56)36(23-33-24-46-27-49-33)50-38(53)26-59-37-20-13-17-31-16-9-10-19-34(31)37/h9-13,16-21,24,27-30,35-36,39-42,54-55H,5-8,14-15,22-23,25-26H2,1-4H3,(H,46,49)(H,48,58)(H,50,53)(H,51,56)(H,52,57)/p+1/t29-,35-,36-,39+,40-,41+,42+/m0/s1. The summed E-state index contributed by atoms with van der Waals surface area (Å²) in [5.41, 5.74) is 1.32. The Morgan fingerprint density at radius 2 is 1.63 bits per heavy atom. The van der Waals surface area contributed by atoms with E-state index in [9.17, 15) is 29.4 Å². The molecule has 1 fully saturated rings. The van der Waals surface area contributed by atoms with Crippen molar-refractivity contribution in [1.29, 1.82) is 0 Å². The van der Waals surface area contributed by atoms with Gasteiger partial charge in [0.1, 0.15) is 35.8 Å². The molecule has 2 aromatic carbocycles. The number of aliphatic hydroxyl groups excluding tert-OH is 2. The Morgan fingerprint density at radius 3 is 2.32 bits per heavy atom. The van der Waals surface area contributed by atoms with Crippen LogP contribution in [0.5, 0.6) is 5.75 Å². The summed E-state index contributed by atoms with van der Waals surface area (Å²) < 4.78 is 5.92. The molecule has 0 unspecified atom stereocenters. The number of imidazole rings is 1. The minimum absolute atomic E-state index is 0.0978. The number of hydrogen-bond acceptors (Lipinski definition) is 8. The number of pyridine rings is 1. The number of aromatic nitrogens is 3. The van der Waals surface area contributed by atoms with Crippen LogP contribution in [-0.4, -0.2) is 80.8 Å². The van der Waals surface area contributed by atoms with Gasteiger partial charge >= 0.3 is 0 Å². The maximum atomic E-state index is 14.3. The minimum atomic E-state index is -1.60. The molecule has 8 N–H and O–H groups in total. The van der Waals surface area contributed by atoms with Gasteiger partial charge in [0.15, 0.2) is 6.61 Å². The van der Waals surface area contributed by atoms with Crippen molar-refractivity contribution in [2.45, 2.75) is 116 Å². The van der Waals surface area contributed by atoms with Crippen molar-refractivity contribution in [2.24, 2.45) is 23.7 Å². The van der Waals surface area contributed by atoms with Gasteiger partial charge in [-0.25, -0.2) is 4.98 Å². The van der Waals surface area contributed by atoms with Crippen LogP contribution in [0.15, 0.2) is 79.4 Å². The number of nitrogens with zero attached hydrogens (tertiary/aromatic N) is 1. The molecule has 4 amide bonds. The highest BCUT2D eigenvalue weighted by Gasteiger charge is 2.41. The largest absolute Gasteiger partial charge is 0.483 e. The zero-order valence-corrected chi connectivity index (χ0v) is 34.7. The Bertz CT molecular complexity index is 1930. The number of carbonyl (C=O) groups is 4. The fraction of sp³-hybridized carbons (Fsp3) is 0.511. The maximum Gasteiger partial charge on any atom is 0.258 e. The van der Waals surface area contributed by atoms with Gasteiger partial charge in [-0.15, -0.1) is 0 Å². The van der Waals surface area contributed by atoms with Crippen molar-refractivity contribution in [3.63, 3.8) is 0 Å². The van der Waals surface area contributed by atoms with E-state index < -0.39 is 59.9 Å². The topological polar surface area (TPSA) is 209 Å². The van der Waals surface area contributed by atoms with Crippen LogP contribution < -0.4 is 31.0 Å². The molecule has 1 aliphatic rings. The van der Waals surface area contributed by atoms with E-state index >= 15 is 0 Å². The molecule has 2 heterocycles. The van der Waals surface area contributed by atoms with E-state index in [1.165, 1.54) is 0 Å². The lowest BCUT2D eigenvalue weighted by atomic mass is 9.79. The highest BCUT2D eigenvalue weighted by molar-refractivity contribution is 5.91. The number of aromatic amines is 2. The third-order valence-corrected chi connectivity index (χ3v) is 11.5. The average molecular weight is 813 g/mol. The molecule has 0 radical (unpaired) electrons. The van der Waals surface area contributed by atoms with Gasteiger partial charge in [0, 0.05) is 18.0 Å². The van der Waals surface area contributed by atoms with Crippen molar-refractivity contribution < 1.29 is 39.1 Å². The van der Waals surface area contributed by atoms with E-state index in [1.807, 2.05) is 56.3 Å². The van der Waals surface area contributed by atoms with Crippen LogP contribution in [0.3, 0.4) is 0 Å². The molecule has 0 bridgehead atoms. The third-order valence-electron chi connectivity index (χ3n) is 11.5. The summed E-state index contributed by atoms with van der Waals surface area (Å²) >= 11 is 0. The second kappa shape index (κ2) is 22.1. The Balaban J connectivity index is 1.32. The smallest absolute Gasteiger partial charge is 0.258 e. The Hall–Kier alpha value is -5.34. The summed E-state index contributed by atoms with van der Waals surface area (Å²) in [5.74, 6) is -3.14. The average Bonchev–Trinajstić information content (AvgIpc) is 3.76. The molecule has 5 rings (SSSR count). The van der Waals surface area contributed by atoms with Gasteiger partial charge in [0.05, 0.1) is 30.3 Å². The molecule has 318 valence electrons. The van der Waals surface area contributed by atoms with E-state index in [1.54, 1.807) is 50.8 Å². The highest BCUT2D eigenvalue weighted by atomic mass is 16.5. The molecular weight excluding hydrogens is 751 g/mol. The second-order valence-electron chi connectivity index (χ2n) is 16.2. The first-order valence-electron chi connectivity index (χ1n) is 21.0. The predicted molar refractivity (Wildman–Crippen MR) is 223 cm³/mol. The number of rotatable bonds is 21. The fourth-order valence-corrected chi connectivity index (χ4v) is 7.96. The molecule has 0 aliphatic heterocycles. The van der Waals surface area contributed by atoms with Gasteiger partial charge in [-0.1, -0.05) is 109 Å². The van der Waals surface area contributed by atoms with Crippen LogP contribution in [0, 0.1) is 23.7 Å². The molecule has 2 aromatic heterocycles. The fourth-order valence-electron chi connectivity index (χ4n) is 7.96. The highest BCUT2D eigenvalue weighted by Crippen LogP contribution is 2.30. The SMILES string of the molecule is CC[C@H](C)[C@H](NC(=O)[C@H](C(C)C)[C@@H](O)[C@H](O)[C@H](CC1CCCCC1)NC(=O)[C@H](Cc1c[nH+]c[nH]1)NC(=O)COc1cccc2ccccc12)C(=O)NCc1ccccn1. The van der Waals surface area contributed by atoms with E-state index in [-0.39, 0.29) is 37.3 Å². The van der Waals surface area contributed by atoms with Gasteiger partial charge in [0.25, 0.3) is 5.91 Å². The summed E-state index contributed by atoms with van der Waals surface area (Å²) in [4.78, 5) is 65.4. The van der Waals surface area contributed by atoms with Crippen molar-refractivity contribution in [1.82, 2.24) is 31.2 Å². The van der Waals surface area contributed by atoms with E-state index in [0.29, 0.717) is 30.0 Å². The van der Waals surface area contributed by atoms with Gasteiger partial charge < -0.3 is 36.2 Å². The Kier molecular flexibility index (Phi) is 16.8. The molecule has 1 saturated carbocycles. The number of hydrogen-bond donors (Lipinski definition) is 7. The van der Waals surface area contributed by atoms with E-state index in [0.717, 1.165) is 42.9 Å². The maximum absolute atomic E-state index is 14.3. The van der Waals surface area contributed by atoms with Gasteiger partial charge in [-0.2, -0.15) is 0 Å². The number of benzene rings is 2. The Morgan fingerprint density at radius 1 is 0.881 bits per heavy atom. The van der Waals surface area contributed by atoms with Crippen molar-refractivity contribution in [3.05, 3.63) is 90.8 Å². The van der Waals surface area contributed by atoms with Crippen molar-refractivity contribution >= 4 is 34.4 Å². The van der Waals surface area contributed by atoms with E-state index in [4.69, 9.17) is 4.74 Å². The quantitative estimate of drug-likeness (QED) is 0.0658. The van der Waals surface area contributed by atoms with Crippen LogP contribution in [0.1, 0.15) is 84.0 Å². The van der Waals surface area contributed by atoms with Crippen molar-refractivity contribution in [3.8, 4) is 5.75 Å². The number of ether oxygens (including phenoxy) is 1. The van der Waals surface area contributed by atoms with Crippen LogP contribution in [-0.2, 0) is 32.1 Å². The molecule has 14 heteroatoms. The molecule has 1 aliphatic carbocycles. The summed E-state index contributed by atoms with van der Waals surface area (Å²) in [7, 11) is 0. The van der Waals surface area contributed by atoms with Crippen LogP contribution in [0.2, 0.25) is 0 Å². The van der Waals surface area contributed by atoms with Crippen molar-refractivity contribution in [2.75, 3.05) is 6.61 Å². The monoisotopic (exact) mass is 812 g/mol. The Labute approximate surface area is 346 Å². The zero-order chi connectivity index (χ0) is 42.3. The molecule has 59 heavy (non-hydrogen) atoms. The van der Waals surface area contributed by atoms with Crippen LogP contribution >= 0.6 is 0 Å². The first kappa shape index (κ1) is 44.8. The lowest BCUT2D eigenvalue weighted by molar-refractivity contribution is -0.376. The lowest BCUT2D eigenvalue weighted by Gasteiger charge is -2.37. The number of carbonyl (C=O) groups excluding carboxylic acids is 4. The summed E-state index contributed by atoms with van der Waals surface area (Å²) in [5, 5.41) is 37.3. The first-order chi connectivity index (χ1) is 28.4. The second-order valence-corrected chi connectivity index (χ2v) is 16.2. The van der Waals surface area contributed by atoms with Gasteiger partial charge in [-0.05, 0) is 47.8 Å². The minimum Gasteiger partial charge on any atom is -0.483 e. The summed E-state index contributed by atoms with van der Waals surface area (Å²) in [6.45, 7) is 7.18. The van der Waals surface area contributed by atoms with Gasteiger partial charge in [0.2, 0.25) is 24.0 Å². The normalized spacial score (nSPS) is 16.9. The van der Waals surface area contributed by atoms with Gasteiger partial charge in [-0.3, -0.25) is 29.1 Å². The van der Waals surface area contributed by atoms with Crippen LogP contribution in [0.4, 0.5) is 0 Å².